The number of benzene rings is 2. The largest absolute Gasteiger partial charge is 0.500 e. The molecule has 0 spiro atoms. The minimum Gasteiger partial charge on any atom is -0.500 e. The number of piperidine rings is 1. The molecule has 0 N–H and O–H groups in total. The molecule has 1 heterocycles. The topological polar surface area (TPSA) is 46.6 Å². The van der Waals surface area contributed by atoms with Crippen LogP contribution in [0.4, 0.5) is 5.69 Å². The normalized spacial score (nSPS) is 28.3. The molecule has 2 aromatic carbocycles. The zero-order valence-corrected chi connectivity index (χ0v) is 17.5. The Morgan fingerprint density at radius 2 is 1.76 bits per heavy atom. The lowest BCUT2D eigenvalue weighted by atomic mass is 9.82. The Balaban J connectivity index is 1.88. The summed E-state index contributed by atoms with van der Waals surface area (Å²) in [5.74, 6) is -0.668. The fourth-order valence-electron chi connectivity index (χ4n) is 4.89. The number of hydrogen-bond acceptors (Lipinski definition) is 3. The SMILES string of the molecule is C=C/C=C(\OC)[C@@]1(c2ccccc2)C2C(=O)N(c3cc(Cl)cc(Cl)c3)C(=O)[C@@]21C. The van der Waals surface area contributed by atoms with E-state index in [0.29, 0.717) is 21.5 Å². The number of hydrogen-bond donors (Lipinski definition) is 0. The van der Waals surface area contributed by atoms with Crippen LogP contribution in [0.2, 0.25) is 10.0 Å². The second kappa shape index (κ2) is 6.75. The van der Waals surface area contributed by atoms with Gasteiger partial charge in [-0.25, -0.2) is 4.90 Å². The van der Waals surface area contributed by atoms with E-state index in [9.17, 15) is 9.59 Å². The van der Waals surface area contributed by atoms with E-state index >= 15 is 0 Å². The van der Waals surface area contributed by atoms with Gasteiger partial charge in [-0.3, -0.25) is 9.59 Å². The Labute approximate surface area is 179 Å². The van der Waals surface area contributed by atoms with E-state index in [0.717, 1.165) is 5.56 Å². The Morgan fingerprint density at radius 1 is 1.14 bits per heavy atom. The highest BCUT2D eigenvalue weighted by Crippen LogP contribution is 2.77. The number of rotatable bonds is 5. The van der Waals surface area contributed by atoms with Gasteiger partial charge in [-0.2, -0.15) is 0 Å². The van der Waals surface area contributed by atoms with Crippen molar-refractivity contribution in [2.75, 3.05) is 12.0 Å². The molecule has 1 unspecified atom stereocenters. The summed E-state index contributed by atoms with van der Waals surface area (Å²) in [4.78, 5) is 28.3. The summed E-state index contributed by atoms with van der Waals surface area (Å²) >= 11 is 12.2. The van der Waals surface area contributed by atoms with Crippen molar-refractivity contribution in [3.8, 4) is 0 Å². The summed E-state index contributed by atoms with van der Waals surface area (Å²) in [6, 6.07) is 14.2. The zero-order chi connectivity index (χ0) is 21.0. The maximum Gasteiger partial charge on any atom is 0.241 e. The van der Waals surface area contributed by atoms with E-state index < -0.39 is 16.7 Å². The molecule has 148 valence electrons. The van der Waals surface area contributed by atoms with Gasteiger partial charge in [-0.15, -0.1) is 0 Å². The highest BCUT2D eigenvalue weighted by molar-refractivity contribution is 6.36. The van der Waals surface area contributed by atoms with Crippen LogP contribution in [0.3, 0.4) is 0 Å². The molecular weight excluding hydrogens is 409 g/mol. The number of carbonyl (C=O) groups excluding carboxylic acids is 2. The summed E-state index contributed by atoms with van der Waals surface area (Å²) in [6.45, 7) is 5.57. The maximum absolute atomic E-state index is 13.6. The second-order valence-electron chi connectivity index (χ2n) is 7.39. The van der Waals surface area contributed by atoms with Gasteiger partial charge in [0.1, 0.15) is 5.76 Å². The molecule has 3 atom stereocenters. The van der Waals surface area contributed by atoms with E-state index in [1.807, 2.05) is 37.3 Å². The van der Waals surface area contributed by atoms with Gasteiger partial charge >= 0.3 is 0 Å². The van der Waals surface area contributed by atoms with Crippen molar-refractivity contribution >= 4 is 40.7 Å². The van der Waals surface area contributed by atoms with Crippen molar-refractivity contribution in [1.29, 1.82) is 0 Å². The molecule has 2 aromatic rings. The number of imide groups is 1. The van der Waals surface area contributed by atoms with Crippen LogP contribution < -0.4 is 4.90 Å². The monoisotopic (exact) mass is 427 g/mol. The number of allylic oxidation sites excluding steroid dienone is 3. The van der Waals surface area contributed by atoms with Crippen LogP contribution in [-0.2, 0) is 19.7 Å². The third kappa shape index (κ3) is 2.46. The third-order valence-corrected chi connectivity index (χ3v) is 6.51. The third-order valence-electron chi connectivity index (χ3n) is 6.07. The fraction of sp³-hybridized carbons (Fsp3) is 0.217. The van der Waals surface area contributed by atoms with Crippen molar-refractivity contribution in [3.63, 3.8) is 0 Å². The number of amides is 2. The van der Waals surface area contributed by atoms with Crippen LogP contribution in [-0.4, -0.2) is 18.9 Å². The quantitative estimate of drug-likeness (QED) is 0.376. The predicted molar refractivity (Wildman–Crippen MR) is 114 cm³/mol. The number of ether oxygens (including phenoxy) is 1. The van der Waals surface area contributed by atoms with Gasteiger partial charge in [0, 0.05) is 10.0 Å². The molecule has 0 bridgehead atoms. The Kier molecular flexibility index (Phi) is 4.60. The second-order valence-corrected chi connectivity index (χ2v) is 8.26. The Hall–Kier alpha value is -2.56. The molecule has 1 aliphatic carbocycles. The number of halogens is 2. The van der Waals surface area contributed by atoms with Crippen molar-refractivity contribution in [2.24, 2.45) is 11.3 Å². The minimum atomic E-state index is -0.995. The average molecular weight is 428 g/mol. The molecule has 2 amide bonds. The molecular formula is C23H19Cl2NO3. The van der Waals surface area contributed by atoms with Gasteiger partial charge in [0.15, 0.2) is 0 Å². The van der Waals surface area contributed by atoms with Crippen molar-refractivity contribution in [1.82, 2.24) is 0 Å². The van der Waals surface area contributed by atoms with Crippen LogP contribution in [0.25, 0.3) is 0 Å². The van der Waals surface area contributed by atoms with Gasteiger partial charge in [0.2, 0.25) is 11.8 Å². The lowest BCUT2D eigenvalue weighted by Gasteiger charge is -2.30. The lowest BCUT2D eigenvalue weighted by Crippen LogP contribution is -2.42. The number of anilines is 1. The van der Waals surface area contributed by atoms with Gasteiger partial charge in [-0.05, 0) is 36.8 Å². The van der Waals surface area contributed by atoms with E-state index in [4.69, 9.17) is 27.9 Å². The first-order chi connectivity index (χ1) is 13.8. The fourth-order valence-corrected chi connectivity index (χ4v) is 5.41. The van der Waals surface area contributed by atoms with E-state index in [1.165, 1.54) is 4.90 Å². The van der Waals surface area contributed by atoms with Crippen molar-refractivity contribution in [2.45, 2.75) is 12.3 Å². The molecule has 0 radical (unpaired) electrons. The Bertz CT molecular complexity index is 1040. The summed E-state index contributed by atoms with van der Waals surface area (Å²) in [7, 11) is 1.54. The molecule has 29 heavy (non-hydrogen) atoms. The number of fused-ring (bicyclic) bond motifs is 1. The first kappa shape index (κ1) is 19.7. The number of methoxy groups -OCH3 is 1. The van der Waals surface area contributed by atoms with Gasteiger partial charge in [0.05, 0.1) is 29.5 Å². The maximum atomic E-state index is 13.6. The molecule has 2 aliphatic rings. The molecule has 1 saturated heterocycles. The first-order valence-corrected chi connectivity index (χ1v) is 9.86. The van der Waals surface area contributed by atoms with Gasteiger partial charge < -0.3 is 4.74 Å². The van der Waals surface area contributed by atoms with Crippen LogP contribution in [0.15, 0.2) is 73.0 Å². The molecule has 1 saturated carbocycles. The highest BCUT2D eigenvalue weighted by Gasteiger charge is 2.88. The molecule has 0 aromatic heterocycles. The highest BCUT2D eigenvalue weighted by atomic mass is 35.5. The Morgan fingerprint density at radius 3 is 2.24 bits per heavy atom. The van der Waals surface area contributed by atoms with Crippen molar-refractivity contribution < 1.29 is 14.3 Å². The van der Waals surface area contributed by atoms with Crippen LogP contribution >= 0.6 is 23.2 Å². The smallest absolute Gasteiger partial charge is 0.241 e. The van der Waals surface area contributed by atoms with E-state index in [1.54, 1.807) is 37.5 Å². The lowest BCUT2D eigenvalue weighted by molar-refractivity contribution is -0.126. The number of nitrogens with zero attached hydrogens (tertiary/aromatic N) is 1. The first-order valence-electron chi connectivity index (χ1n) is 9.11. The molecule has 1 aliphatic heterocycles. The van der Waals surface area contributed by atoms with Crippen LogP contribution in [0.1, 0.15) is 12.5 Å². The van der Waals surface area contributed by atoms with E-state index in [-0.39, 0.29) is 11.8 Å². The molecule has 4 rings (SSSR count). The molecule has 2 fully saturated rings. The summed E-state index contributed by atoms with van der Waals surface area (Å²) in [5.41, 5.74) is -0.650. The minimum absolute atomic E-state index is 0.299. The standard InChI is InChI=1S/C23H19Cl2NO3/c1-4-8-18(29-3)23(14-9-6-5-7-10-14)19-20(27)26(21(28)22(19,23)2)17-12-15(24)11-16(25)13-17/h4-13,19H,1H2,2-3H3/b18-8-/t19?,22-,23+/m1/s1. The van der Waals surface area contributed by atoms with Gasteiger partial charge in [0.25, 0.3) is 0 Å². The van der Waals surface area contributed by atoms with Crippen LogP contribution in [0, 0.1) is 11.3 Å². The number of carbonyl (C=O) groups is 2. The summed E-state index contributed by atoms with van der Waals surface area (Å²) in [6.07, 6.45) is 3.32. The molecule has 4 nitrogen and oxygen atoms in total. The van der Waals surface area contributed by atoms with Crippen LogP contribution in [0.5, 0.6) is 0 Å². The predicted octanol–water partition coefficient (Wildman–Crippen LogP) is 5.16. The molecule has 6 heteroatoms. The van der Waals surface area contributed by atoms with Crippen molar-refractivity contribution in [3.05, 3.63) is 88.6 Å². The summed E-state index contributed by atoms with van der Waals surface area (Å²) < 4.78 is 5.67. The van der Waals surface area contributed by atoms with E-state index in [2.05, 4.69) is 6.58 Å². The average Bonchev–Trinajstić information content (AvgIpc) is 3.20. The zero-order valence-electron chi connectivity index (χ0n) is 16.0. The summed E-state index contributed by atoms with van der Waals surface area (Å²) in [5, 5.41) is 0.717. The van der Waals surface area contributed by atoms with Gasteiger partial charge in [-0.1, -0.05) is 66.2 Å².